The Bertz CT molecular complexity index is 802. The minimum absolute atomic E-state index is 0.0340. The number of amides is 2. The standard InChI is InChI=1S/C20H25N5O3/c1-21-19-22-11-14(12-23-19)13-25(2)20(27)24-16-9-7-15(8-10-16)18(26)28-17-5-3-4-6-17/h7-12,17H,3-6,13H2,1-2H3,(H,24,27)(H,21,22,23). The first-order chi connectivity index (χ1) is 13.5. The zero-order valence-electron chi connectivity index (χ0n) is 16.1. The van der Waals surface area contributed by atoms with E-state index in [1.165, 1.54) is 4.90 Å². The third-order valence-corrected chi connectivity index (χ3v) is 4.64. The summed E-state index contributed by atoms with van der Waals surface area (Å²) in [5.74, 6) is 0.217. The van der Waals surface area contributed by atoms with Gasteiger partial charge in [0.25, 0.3) is 0 Å². The van der Waals surface area contributed by atoms with Gasteiger partial charge in [-0.05, 0) is 49.9 Å². The first-order valence-corrected chi connectivity index (χ1v) is 9.37. The lowest BCUT2D eigenvalue weighted by atomic mass is 10.2. The second-order valence-corrected chi connectivity index (χ2v) is 6.84. The first kappa shape index (κ1) is 19.6. The number of nitrogens with one attached hydrogen (secondary N) is 2. The van der Waals surface area contributed by atoms with Gasteiger partial charge < -0.3 is 20.3 Å². The summed E-state index contributed by atoms with van der Waals surface area (Å²) in [4.78, 5) is 34.3. The van der Waals surface area contributed by atoms with Gasteiger partial charge in [-0.2, -0.15) is 0 Å². The van der Waals surface area contributed by atoms with E-state index in [0.29, 0.717) is 23.7 Å². The van der Waals surface area contributed by atoms with E-state index >= 15 is 0 Å². The average molecular weight is 383 g/mol. The van der Waals surface area contributed by atoms with Crippen molar-refractivity contribution < 1.29 is 14.3 Å². The van der Waals surface area contributed by atoms with E-state index in [-0.39, 0.29) is 18.1 Å². The van der Waals surface area contributed by atoms with Gasteiger partial charge in [-0.25, -0.2) is 19.6 Å². The van der Waals surface area contributed by atoms with Crippen molar-refractivity contribution in [1.82, 2.24) is 14.9 Å². The molecule has 1 aliphatic rings. The second-order valence-electron chi connectivity index (χ2n) is 6.84. The van der Waals surface area contributed by atoms with E-state index in [2.05, 4.69) is 20.6 Å². The summed E-state index contributed by atoms with van der Waals surface area (Å²) in [5, 5.41) is 5.65. The molecule has 0 atom stereocenters. The molecule has 1 fully saturated rings. The van der Waals surface area contributed by atoms with Gasteiger partial charge in [0.2, 0.25) is 5.95 Å². The van der Waals surface area contributed by atoms with Crippen molar-refractivity contribution in [2.45, 2.75) is 38.3 Å². The monoisotopic (exact) mass is 383 g/mol. The first-order valence-electron chi connectivity index (χ1n) is 9.37. The number of hydrogen-bond donors (Lipinski definition) is 2. The fourth-order valence-corrected chi connectivity index (χ4v) is 3.05. The highest BCUT2D eigenvalue weighted by atomic mass is 16.5. The van der Waals surface area contributed by atoms with Crippen LogP contribution in [-0.4, -0.2) is 47.1 Å². The Labute approximate surface area is 164 Å². The molecule has 3 rings (SSSR count). The molecule has 28 heavy (non-hydrogen) atoms. The van der Waals surface area contributed by atoms with Gasteiger partial charge in [-0.1, -0.05) is 0 Å². The minimum Gasteiger partial charge on any atom is -0.459 e. The summed E-state index contributed by atoms with van der Waals surface area (Å²) in [6, 6.07) is 6.46. The van der Waals surface area contributed by atoms with Crippen LogP contribution in [0.3, 0.4) is 0 Å². The molecule has 1 saturated carbocycles. The highest BCUT2D eigenvalue weighted by Gasteiger charge is 2.20. The Morgan fingerprint density at radius 1 is 1.14 bits per heavy atom. The van der Waals surface area contributed by atoms with Crippen LogP contribution in [0.1, 0.15) is 41.6 Å². The van der Waals surface area contributed by atoms with Gasteiger partial charge >= 0.3 is 12.0 Å². The second kappa shape index (κ2) is 9.16. The van der Waals surface area contributed by atoms with Gasteiger partial charge in [0.05, 0.1) is 12.1 Å². The SMILES string of the molecule is CNc1ncc(CN(C)C(=O)Nc2ccc(C(=O)OC3CCCC3)cc2)cn1. The van der Waals surface area contributed by atoms with E-state index in [4.69, 9.17) is 4.74 Å². The maximum absolute atomic E-state index is 12.4. The number of carbonyl (C=O) groups is 2. The molecule has 0 bridgehead atoms. The van der Waals surface area contributed by atoms with Gasteiger partial charge in [-0.3, -0.25) is 0 Å². The third-order valence-electron chi connectivity index (χ3n) is 4.64. The fraction of sp³-hybridized carbons (Fsp3) is 0.400. The van der Waals surface area contributed by atoms with Crippen molar-refractivity contribution in [3.8, 4) is 0 Å². The summed E-state index contributed by atoms with van der Waals surface area (Å²) >= 11 is 0. The van der Waals surface area contributed by atoms with Gasteiger partial charge in [0.15, 0.2) is 0 Å². The Hall–Kier alpha value is -3.16. The van der Waals surface area contributed by atoms with Crippen molar-refractivity contribution in [2.24, 2.45) is 0 Å². The van der Waals surface area contributed by atoms with Crippen molar-refractivity contribution >= 4 is 23.6 Å². The molecule has 2 N–H and O–H groups in total. The smallest absolute Gasteiger partial charge is 0.338 e. The van der Waals surface area contributed by atoms with Crippen molar-refractivity contribution in [3.63, 3.8) is 0 Å². The number of urea groups is 1. The number of nitrogens with zero attached hydrogens (tertiary/aromatic N) is 3. The molecular formula is C20H25N5O3. The molecule has 8 nitrogen and oxygen atoms in total. The van der Waals surface area contributed by atoms with Crippen LogP contribution in [0.4, 0.5) is 16.4 Å². The average Bonchev–Trinajstić information content (AvgIpc) is 3.22. The van der Waals surface area contributed by atoms with Crippen LogP contribution in [0.5, 0.6) is 0 Å². The van der Waals surface area contributed by atoms with Crippen LogP contribution >= 0.6 is 0 Å². The Kier molecular flexibility index (Phi) is 6.41. The molecule has 1 aromatic carbocycles. The van der Waals surface area contributed by atoms with Crippen molar-refractivity contribution in [2.75, 3.05) is 24.7 Å². The number of aromatic nitrogens is 2. The molecule has 0 radical (unpaired) electrons. The maximum atomic E-state index is 12.4. The number of carbonyl (C=O) groups excluding carboxylic acids is 2. The van der Waals surface area contributed by atoms with Gasteiger partial charge in [-0.15, -0.1) is 0 Å². The molecule has 1 heterocycles. The quantitative estimate of drug-likeness (QED) is 0.743. The molecule has 1 aliphatic carbocycles. The summed E-state index contributed by atoms with van der Waals surface area (Å²) < 4.78 is 5.49. The van der Waals surface area contributed by atoms with Crippen molar-refractivity contribution in [1.29, 1.82) is 0 Å². The van der Waals surface area contributed by atoms with Crippen LogP contribution in [0, 0.1) is 0 Å². The van der Waals surface area contributed by atoms with E-state index in [1.807, 2.05) is 0 Å². The lowest BCUT2D eigenvalue weighted by Gasteiger charge is -2.18. The number of esters is 1. The van der Waals surface area contributed by atoms with E-state index < -0.39 is 0 Å². The zero-order valence-corrected chi connectivity index (χ0v) is 16.1. The lowest BCUT2D eigenvalue weighted by molar-refractivity contribution is 0.0318. The molecule has 1 aromatic heterocycles. The molecule has 2 aromatic rings. The number of benzene rings is 1. The number of ether oxygens (including phenoxy) is 1. The minimum atomic E-state index is -0.313. The molecule has 8 heteroatoms. The molecule has 0 unspecified atom stereocenters. The summed E-state index contributed by atoms with van der Waals surface area (Å²) in [6.45, 7) is 0.377. The number of hydrogen-bond acceptors (Lipinski definition) is 6. The van der Waals surface area contributed by atoms with E-state index in [9.17, 15) is 9.59 Å². The van der Waals surface area contributed by atoms with Gasteiger partial charge in [0.1, 0.15) is 6.10 Å². The molecule has 2 amide bonds. The summed E-state index contributed by atoms with van der Waals surface area (Å²) in [6.07, 6.45) is 7.49. The Morgan fingerprint density at radius 3 is 2.39 bits per heavy atom. The number of anilines is 2. The molecule has 148 valence electrons. The van der Waals surface area contributed by atoms with Crippen LogP contribution in [0.25, 0.3) is 0 Å². The molecule has 0 aliphatic heterocycles. The molecule has 0 saturated heterocycles. The Balaban J connectivity index is 1.52. The number of rotatable bonds is 6. The maximum Gasteiger partial charge on any atom is 0.338 e. The van der Waals surface area contributed by atoms with Gasteiger partial charge in [0, 0.05) is 37.7 Å². The summed E-state index contributed by atoms with van der Waals surface area (Å²) in [7, 11) is 3.43. The highest BCUT2D eigenvalue weighted by Crippen LogP contribution is 2.22. The molecule has 0 spiro atoms. The summed E-state index contributed by atoms with van der Waals surface area (Å²) in [5.41, 5.74) is 1.91. The Morgan fingerprint density at radius 2 is 1.79 bits per heavy atom. The van der Waals surface area contributed by atoms with Crippen LogP contribution in [-0.2, 0) is 11.3 Å². The molecular weight excluding hydrogens is 358 g/mol. The lowest BCUT2D eigenvalue weighted by Crippen LogP contribution is -2.31. The van der Waals surface area contributed by atoms with Crippen LogP contribution in [0.2, 0.25) is 0 Å². The third kappa shape index (κ3) is 5.18. The topological polar surface area (TPSA) is 96.5 Å². The normalized spacial score (nSPS) is 13.8. The predicted octanol–water partition coefficient (Wildman–Crippen LogP) is 3.28. The van der Waals surface area contributed by atoms with Crippen LogP contribution < -0.4 is 10.6 Å². The van der Waals surface area contributed by atoms with Crippen molar-refractivity contribution in [3.05, 3.63) is 47.8 Å². The largest absolute Gasteiger partial charge is 0.459 e. The predicted molar refractivity (Wildman–Crippen MR) is 106 cm³/mol. The highest BCUT2D eigenvalue weighted by molar-refractivity contribution is 5.92. The fourth-order valence-electron chi connectivity index (χ4n) is 3.05. The van der Waals surface area contributed by atoms with E-state index in [0.717, 1.165) is 31.2 Å². The van der Waals surface area contributed by atoms with Crippen LogP contribution in [0.15, 0.2) is 36.7 Å². The zero-order chi connectivity index (χ0) is 19.9. The van der Waals surface area contributed by atoms with E-state index in [1.54, 1.807) is 50.8 Å².